The first-order valence-corrected chi connectivity index (χ1v) is 8.53. The van der Waals surface area contributed by atoms with Gasteiger partial charge in [0, 0.05) is 28.6 Å². The topological polar surface area (TPSA) is 93.3 Å². The van der Waals surface area contributed by atoms with Crippen LogP contribution in [-0.4, -0.2) is 20.9 Å². The third-order valence-electron chi connectivity index (χ3n) is 4.26. The SMILES string of the molecule is Cc1ccc(-n2[nH]c(C)c(C=Nc3ccc(C)c([N+](=O)[O-])c3)c2=O)cc1Cl. The second-order valence-corrected chi connectivity index (χ2v) is 6.62. The molecule has 1 N–H and O–H groups in total. The Hall–Kier alpha value is -3.19. The highest BCUT2D eigenvalue weighted by Gasteiger charge is 2.13. The average Bonchev–Trinajstić information content (AvgIpc) is 2.90. The minimum atomic E-state index is -0.454. The molecule has 7 nitrogen and oxygen atoms in total. The number of nitro groups is 1. The van der Waals surface area contributed by atoms with Crippen molar-refractivity contribution in [3.63, 3.8) is 0 Å². The number of hydrogen-bond donors (Lipinski definition) is 1. The Bertz CT molecular complexity index is 1130. The van der Waals surface area contributed by atoms with Crippen molar-refractivity contribution < 1.29 is 4.92 Å². The Morgan fingerprint density at radius 1 is 1.15 bits per heavy atom. The summed E-state index contributed by atoms with van der Waals surface area (Å²) in [5, 5.41) is 14.6. The lowest BCUT2D eigenvalue weighted by atomic mass is 10.2. The Morgan fingerprint density at radius 2 is 1.85 bits per heavy atom. The number of rotatable bonds is 4. The lowest BCUT2D eigenvalue weighted by Gasteiger charge is -2.04. The summed E-state index contributed by atoms with van der Waals surface area (Å²) in [6.45, 7) is 5.30. The molecule has 2 aromatic carbocycles. The molecule has 0 fully saturated rings. The van der Waals surface area contributed by atoms with E-state index in [2.05, 4.69) is 10.1 Å². The summed E-state index contributed by atoms with van der Waals surface area (Å²) in [7, 11) is 0. The molecule has 0 aliphatic carbocycles. The van der Waals surface area contributed by atoms with Crippen LogP contribution in [0.15, 0.2) is 46.2 Å². The standard InChI is InChI=1S/C19H17ClN4O3/c1-11-5-7-15(9-17(11)20)23-19(25)16(13(3)22-23)10-21-14-6-4-12(2)18(8-14)24(26)27/h4-10,22H,1-3H3. The van der Waals surface area contributed by atoms with Crippen molar-refractivity contribution in [1.29, 1.82) is 0 Å². The van der Waals surface area contributed by atoms with Crippen molar-refractivity contribution in [3.05, 3.63) is 84.3 Å². The van der Waals surface area contributed by atoms with Crippen LogP contribution in [0.3, 0.4) is 0 Å². The van der Waals surface area contributed by atoms with Gasteiger partial charge >= 0.3 is 0 Å². The lowest BCUT2D eigenvalue weighted by Crippen LogP contribution is -2.17. The summed E-state index contributed by atoms with van der Waals surface area (Å²) in [6.07, 6.45) is 1.41. The molecule has 0 atom stereocenters. The summed E-state index contributed by atoms with van der Waals surface area (Å²) in [5.74, 6) is 0. The number of aromatic nitrogens is 2. The predicted molar refractivity (Wildman–Crippen MR) is 106 cm³/mol. The van der Waals surface area contributed by atoms with Crippen molar-refractivity contribution in [2.24, 2.45) is 4.99 Å². The Kier molecular flexibility index (Phi) is 4.96. The number of aromatic amines is 1. The van der Waals surface area contributed by atoms with E-state index >= 15 is 0 Å². The molecule has 0 saturated heterocycles. The van der Waals surface area contributed by atoms with Gasteiger partial charge in [0.15, 0.2) is 0 Å². The van der Waals surface area contributed by atoms with E-state index < -0.39 is 4.92 Å². The number of aryl methyl sites for hydroxylation is 3. The van der Waals surface area contributed by atoms with Crippen molar-refractivity contribution in [3.8, 4) is 5.69 Å². The number of halogens is 1. The molecule has 0 spiro atoms. The molecule has 0 aliphatic heterocycles. The highest BCUT2D eigenvalue weighted by Crippen LogP contribution is 2.24. The van der Waals surface area contributed by atoms with Crippen LogP contribution < -0.4 is 5.56 Å². The van der Waals surface area contributed by atoms with Crippen LogP contribution in [-0.2, 0) is 0 Å². The molecule has 8 heteroatoms. The summed E-state index contributed by atoms with van der Waals surface area (Å²) in [6, 6.07) is 10.0. The van der Waals surface area contributed by atoms with Crippen LogP contribution in [0.25, 0.3) is 5.69 Å². The maximum atomic E-state index is 12.7. The van der Waals surface area contributed by atoms with Gasteiger partial charge in [-0.3, -0.25) is 25.0 Å². The largest absolute Gasteiger partial charge is 0.295 e. The van der Waals surface area contributed by atoms with E-state index in [0.717, 1.165) is 5.56 Å². The van der Waals surface area contributed by atoms with Gasteiger partial charge in [0.25, 0.3) is 11.2 Å². The highest BCUT2D eigenvalue weighted by atomic mass is 35.5. The normalized spacial score (nSPS) is 11.3. The number of hydrogen-bond acceptors (Lipinski definition) is 4. The van der Waals surface area contributed by atoms with Crippen molar-refractivity contribution in [2.75, 3.05) is 0 Å². The highest BCUT2D eigenvalue weighted by molar-refractivity contribution is 6.31. The van der Waals surface area contributed by atoms with Gasteiger partial charge in [-0.25, -0.2) is 4.68 Å². The zero-order chi connectivity index (χ0) is 19.7. The minimum absolute atomic E-state index is 0.0119. The van der Waals surface area contributed by atoms with E-state index in [1.54, 1.807) is 38.1 Å². The van der Waals surface area contributed by atoms with Crippen molar-refractivity contribution >= 4 is 29.2 Å². The summed E-state index contributed by atoms with van der Waals surface area (Å²) in [5.41, 5.74) is 3.19. The first-order chi connectivity index (χ1) is 12.8. The molecule has 138 valence electrons. The Morgan fingerprint density at radius 3 is 2.52 bits per heavy atom. The van der Waals surface area contributed by atoms with Crippen LogP contribution in [0.5, 0.6) is 0 Å². The van der Waals surface area contributed by atoms with Gasteiger partial charge in [0.05, 0.1) is 21.9 Å². The maximum Gasteiger partial charge on any atom is 0.280 e. The first-order valence-electron chi connectivity index (χ1n) is 8.15. The van der Waals surface area contributed by atoms with Gasteiger partial charge in [0.2, 0.25) is 0 Å². The summed E-state index contributed by atoms with van der Waals surface area (Å²) < 4.78 is 1.39. The zero-order valence-electron chi connectivity index (χ0n) is 15.0. The monoisotopic (exact) mass is 384 g/mol. The van der Waals surface area contributed by atoms with Gasteiger partial charge < -0.3 is 0 Å². The molecule has 1 aromatic heterocycles. The molecule has 0 unspecified atom stereocenters. The van der Waals surface area contributed by atoms with Crippen molar-refractivity contribution in [1.82, 2.24) is 9.78 Å². The number of H-pyrrole nitrogens is 1. The predicted octanol–water partition coefficient (Wildman–Crippen LogP) is 4.40. The van der Waals surface area contributed by atoms with Gasteiger partial charge in [0.1, 0.15) is 0 Å². The minimum Gasteiger partial charge on any atom is -0.295 e. The lowest BCUT2D eigenvalue weighted by molar-refractivity contribution is -0.385. The quantitative estimate of drug-likeness (QED) is 0.410. The van der Waals surface area contributed by atoms with Crippen LogP contribution in [0, 0.1) is 30.9 Å². The fourth-order valence-corrected chi connectivity index (χ4v) is 2.80. The second-order valence-electron chi connectivity index (χ2n) is 6.21. The van der Waals surface area contributed by atoms with E-state index in [-0.39, 0.29) is 11.2 Å². The molecule has 3 aromatic rings. The molecular weight excluding hydrogens is 368 g/mol. The molecule has 0 bridgehead atoms. The molecule has 3 rings (SSSR count). The number of nitrogens with zero attached hydrogens (tertiary/aromatic N) is 3. The fraction of sp³-hybridized carbons (Fsp3) is 0.158. The van der Waals surface area contributed by atoms with Crippen LogP contribution >= 0.6 is 11.6 Å². The van der Waals surface area contributed by atoms with E-state index in [1.165, 1.54) is 17.0 Å². The molecule has 0 aliphatic rings. The molecule has 0 radical (unpaired) electrons. The second kappa shape index (κ2) is 7.20. The van der Waals surface area contributed by atoms with Crippen LogP contribution in [0.4, 0.5) is 11.4 Å². The Balaban J connectivity index is 1.99. The average molecular weight is 385 g/mol. The summed E-state index contributed by atoms with van der Waals surface area (Å²) >= 11 is 6.15. The Labute approximate surface area is 160 Å². The van der Waals surface area contributed by atoms with Gasteiger partial charge in [-0.1, -0.05) is 23.7 Å². The van der Waals surface area contributed by atoms with Crippen molar-refractivity contribution in [2.45, 2.75) is 20.8 Å². The summed E-state index contributed by atoms with van der Waals surface area (Å²) in [4.78, 5) is 27.6. The third kappa shape index (κ3) is 3.68. The number of aliphatic imine (C=N–C) groups is 1. The van der Waals surface area contributed by atoms with Gasteiger partial charge in [-0.2, -0.15) is 0 Å². The molecule has 27 heavy (non-hydrogen) atoms. The smallest absolute Gasteiger partial charge is 0.280 e. The third-order valence-corrected chi connectivity index (χ3v) is 4.67. The van der Waals surface area contributed by atoms with E-state index in [0.29, 0.717) is 33.2 Å². The van der Waals surface area contributed by atoms with Gasteiger partial charge in [-0.15, -0.1) is 0 Å². The molecule has 0 saturated carbocycles. The van der Waals surface area contributed by atoms with E-state index in [1.807, 2.05) is 13.0 Å². The van der Waals surface area contributed by atoms with Crippen LogP contribution in [0.1, 0.15) is 22.4 Å². The maximum absolute atomic E-state index is 12.7. The molecule has 0 amide bonds. The van der Waals surface area contributed by atoms with E-state index in [4.69, 9.17) is 11.6 Å². The molecule has 1 heterocycles. The zero-order valence-corrected chi connectivity index (χ0v) is 15.7. The number of nitro benzene ring substituents is 1. The van der Waals surface area contributed by atoms with Crippen LogP contribution in [0.2, 0.25) is 5.02 Å². The number of nitrogens with one attached hydrogen (secondary N) is 1. The number of benzene rings is 2. The fourth-order valence-electron chi connectivity index (χ4n) is 2.63. The van der Waals surface area contributed by atoms with Gasteiger partial charge in [-0.05, 0) is 44.5 Å². The molecular formula is C19H17ClN4O3. The first kappa shape index (κ1) is 18.6. The van der Waals surface area contributed by atoms with E-state index in [9.17, 15) is 14.9 Å².